The second-order valence-electron chi connectivity index (χ2n) is 7.53. The molecule has 11 nitrogen and oxygen atoms in total. The van der Waals surface area contributed by atoms with Crippen molar-refractivity contribution in [3.63, 3.8) is 0 Å². The average molecular weight is 481 g/mol. The maximum atomic E-state index is 13.4. The van der Waals surface area contributed by atoms with Crippen LogP contribution in [0.15, 0.2) is 62.9 Å². The van der Waals surface area contributed by atoms with E-state index in [1.54, 1.807) is 40.2 Å². The van der Waals surface area contributed by atoms with Gasteiger partial charge in [-0.15, -0.1) is 10.2 Å². The Morgan fingerprint density at radius 3 is 3.12 bits per heavy atom. The molecule has 0 saturated heterocycles. The number of H-pyrrole nitrogens is 1. The molecule has 2 aliphatic heterocycles. The van der Waals surface area contributed by atoms with Gasteiger partial charge >= 0.3 is 11.8 Å². The number of nitrogens with zero attached hydrogens (tertiary/aromatic N) is 8. The van der Waals surface area contributed by atoms with Crippen LogP contribution in [0.3, 0.4) is 0 Å². The van der Waals surface area contributed by atoms with Crippen LogP contribution in [0.5, 0.6) is 0 Å². The zero-order valence-electron chi connectivity index (χ0n) is 17.6. The third-order valence-corrected chi connectivity index (χ3v) is 6.10. The molecule has 5 heterocycles. The second kappa shape index (κ2) is 8.80. The molecule has 0 aromatic carbocycles. The van der Waals surface area contributed by atoms with Gasteiger partial charge in [0.05, 0.1) is 41.6 Å². The fourth-order valence-electron chi connectivity index (χ4n) is 3.92. The highest BCUT2D eigenvalue weighted by molar-refractivity contribution is 7.47. The molecular formula is C20H20N9O2PS. The largest absolute Gasteiger partial charge is 0.411 e. The van der Waals surface area contributed by atoms with Crippen molar-refractivity contribution >= 4 is 27.6 Å². The second-order valence-corrected chi connectivity index (χ2v) is 8.28. The number of imidazole rings is 1. The zero-order valence-corrected chi connectivity index (χ0v) is 19.6. The van der Waals surface area contributed by atoms with Crippen molar-refractivity contribution in [3.05, 3.63) is 71.3 Å². The first kappa shape index (κ1) is 21.4. The summed E-state index contributed by atoms with van der Waals surface area (Å²) in [6, 6.07) is 1.43. The van der Waals surface area contributed by atoms with Gasteiger partial charge in [0.2, 0.25) is 0 Å². The Hall–Kier alpha value is -3.50. The Kier molecular flexibility index (Phi) is 5.69. The number of aromatic nitrogens is 6. The molecule has 1 N–H and O–H groups in total. The quantitative estimate of drug-likeness (QED) is 0.552. The van der Waals surface area contributed by atoms with E-state index in [1.165, 1.54) is 0 Å². The molecule has 13 heteroatoms. The fraction of sp³-hybridized carbons (Fsp3) is 0.250. The summed E-state index contributed by atoms with van der Waals surface area (Å²) in [7, 11) is 4.40. The van der Waals surface area contributed by atoms with E-state index in [1.807, 2.05) is 24.3 Å². The standard InChI is InChI=1S/C20H20N9O2PS/c1-27-9-7-14(25-27)18-23-24-19(31-18)20(30)28-10-8-13-17(22-11-21-13)15(28)6-5-12-3-2-4-16(32)29(12)26-33/h2-5,7,9,11,15H,6,8,10,32H2,1H3,(H,21,22)/b12-5-/t15-/m0/s1. The predicted molar refractivity (Wildman–Crippen MR) is 124 cm³/mol. The molecule has 5 rings (SSSR count). The predicted octanol–water partition coefficient (Wildman–Crippen LogP) is 2.44. The van der Waals surface area contributed by atoms with E-state index < -0.39 is 0 Å². The highest BCUT2D eigenvalue weighted by Gasteiger charge is 2.35. The van der Waals surface area contributed by atoms with E-state index in [-0.39, 0.29) is 23.7 Å². The van der Waals surface area contributed by atoms with Crippen LogP contribution in [0.2, 0.25) is 0 Å². The summed E-state index contributed by atoms with van der Waals surface area (Å²) in [6.07, 6.45) is 12.3. The van der Waals surface area contributed by atoms with Gasteiger partial charge in [-0.1, -0.05) is 25.9 Å². The third-order valence-electron chi connectivity index (χ3n) is 5.50. The average Bonchev–Trinajstić information content (AvgIpc) is 3.57. The molecule has 0 fully saturated rings. The number of aryl methyl sites for hydroxylation is 1. The van der Waals surface area contributed by atoms with Gasteiger partial charge in [-0.05, 0) is 24.6 Å². The smallest absolute Gasteiger partial charge is 0.312 e. The number of nitrogens with one attached hydrogen (secondary N) is 1. The molecule has 3 aromatic heterocycles. The molecule has 1 amide bonds. The molecule has 0 saturated carbocycles. The van der Waals surface area contributed by atoms with Crippen molar-refractivity contribution in [3.8, 4) is 11.6 Å². The summed E-state index contributed by atoms with van der Waals surface area (Å²) in [5.41, 5.74) is 4.00. The highest BCUT2D eigenvalue weighted by atomic mass is 32.1. The molecule has 1 unspecified atom stereocenters. The third kappa shape index (κ3) is 4.03. The summed E-state index contributed by atoms with van der Waals surface area (Å²) < 4.78 is 11.2. The summed E-state index contributed by atoms with van der Waals surface area (Å²) in [6.45, 7) is 0.489. The van der Waals surface area contributed by atoms with Crippen LogP contribution in [0.4, 0.5) is 0 Å². The molecule has 0 radical (unpaired) electrons. The SMILES string of the molecule is Cn1ccc(-c2nnc(C(=O)N3CCc4[nH]cnc4[C@@H]3C/C=C3/C=CC=C(P)N3N=S)o2)n1. The Labute approximate surface area is 196 Å². The number of hydrogen-bond donors (Lipinski definition) is 1. The Morgan fingerprint density at radius 1 is 1.45 bits per heavy atom. The summed E-state index contributed by atoms with van der Waals surface area (Å²) in [5, 5.41) is 13.9. The van der Waals surface area contributed by atoms with Gasteiger partial charge in [0.25, 0.3) is 5.89 Å². The maximum Gasteiger partial charge on any atom is 0.312 e. The fourth-order valence-corrected chi connectivity index (χ4v) is 4.51. The number of carbonyl (C=O) groups excluding carboxylic acids is 1. The number of aromatic amines is 1. The van der Waals surface area contributed by atoms with Gasteiger partial charge in [-0.25, -0.2) is 9.99 Å². The summed E-state index contributed by atoms with van der Waals surface area (Å²) in [5.74, 6) is -0.232. The first-order valence-electron chi connectivity index (χ1n) is 10.2. The number of fused-ring (bicyclic) bond motifs is 1. The van der Waals surface area contributed by atoms with Crippen molar-refractivity contribution in [1.29, 1.82) is 0 Å². The van der Waals surface area contributed by atoms with Crippen LogP contribution in [0, 0.1) is 0 Å². The van der Waals surface area contributed by atoms with Crippen molar-refractivity contribution in [2.75, 3.05) is 6.54 Å². The first-order chi connectivity index (χ1) is 16.0. The van der Waals surface area contributed by atoms with E-state index >= 15 is 0 Å². The lowest BCUT2D eigenvalue weighted by atomic mass is 9.99. The van der Waals surface area contributed by atoms with Crippen molar-refractivity contribution in [1.82, 2.24) is 39.9 Å². The summed E-state index contributed by atoms with van der Waals surface area (Å²) in [4.78, 5) is 22.8. The van der Waals surface area contributed by atoms with E-state index in [2.05, 4.69) is 39.0 Å². The number of rotatable bonds is 5. The van der Waals surface area contributed by atoms with Crippen molar-refractivity contribution in [2.24, 2.45) is 11.5 Å². The zero-order chi connectivity index (χ0) is 22.9. The summed E-state index contributed by atoms with van der Waals surface area (Å²) >= 11 is 4.92. The Balaban J connectivity index is 1.43. The number of carbonyl (C=O) groups is 1. The van der Waals surface area contributed by atoms with E-state index in [9.17, 15) is 4.79 Å². The van der Waals surface area contributed by atoms with E-state index in [0.29, 0.717) is 25.1 Å². The van der Waals surface area contributed by atoms with Crippen LogP contribution in [0.1, 0.15) is 34.5 Å². The highest BCUT2D eigenvalue weighted by Crippen LogP contribution is 2.33. The normalized spacial score (nSPS) is 19.0. The van der Waals surface area contributed by atoms with Gasteiger partial charge in [0.1, 0.15) is 5.69 Å². The van der Waals surface area contributed by atoms with Gasteiger partial charge < -0.3 is 14.3 Å². The van der Waals surface area contributed by atoms with Crippen LogP contribution >= 0.6 is 9.24 Å². The number of hydrogen-bond acceptors (Lipinski definition) is 8. The van der Waals surface area contributed by atoms with E-state index in [0.717, 1.165) is 22.5 Å². The number of allylic oxidation sites excluding steroid dienone is 3. The minimum Gasteiger partial charge on any atom is -0.411 e. The van der Waals surface area contributed by atoms with Crippen LogP contribution in [-0.4, -0.2) is 52.3 Å². The number of amides is 1. The van der Waals surface area contributed by atoms with E-state index in [4.69, 9.17) is 16.8 Å². The molecule has 2 aliphatic rings. The molecule has 0 aliphatic carbocycles. The van der Waals surface area contributed by atoms with Gasteiger partial charge in [-0.3, -0.25) is 9.48 Å². The lowest BCUT2D eigenvalue weighted by Crippen LogP contribution is -2.40. The molecule has 0 spiro atoms. The minimum atomic E-state index is -0.350. The first-order valence-corrected chi connectivity index (χ1v) is 11.1. The van der Waals surface area contributed by atoms with Gasteiger partial charge in [0, 0.05) is 31.9 Å². The van der Waals surface area contributed by atoms with Gasteiger partial charge in [-0.2, -0.15) is 5.10 Å². The lowest BCUT2D eigenvalue weighted by Gasteiger charge is -2.34. The van der Waals surface area contributed by atoms with Crippen LogP contribution < -0.4 is 0 Å². The molecule has 168 valence electrons. The van der Waals surface area contributed by atoms with Crippen LogP contribution in [-0.2, 0) is 25.9 Å². The monoisotopic (exact) mass is 481 g/mol. The molecule has 33 heavy (non-hydrogen) atoms. The molecular weight excluding hydrogens is 461 g/mol. The molecule has 2 atom stereocenters. The van der Waals surface area contributed by atoms with Crippen molar-refractivity contribution in [2.45, 2.75) is 18.9 Å². The topological polar surface area (TPSA) is 121 Å². The Bertz CT molecular complexity index is 1300. The Morgan fingerprint density at radius 2 is 2.33 bits per heavy atom. The maximum absolute atomic E-state index is 13.4. The molecule has 3 aromatic rings. The van der Waals surface area contributed by atoms with Crippen LogP contribution in [0.25, 0.3) is 11.6 Å². The lowest BCUT2D eigenvalue weighted by molar-refractivity contribution is 0.0616. The van der Waals surface area contributed by atoms with Crippen molar-refractivity contribution < 1.29 is 9.21 Å². The molecule has 0 bridgehead atoms. The minimum absolute atomic E-state index is 0.0813. The van der Waals surface area contributed by atoms with Gasteiger partial charge in [0.15, 0.2) is 0 Å².